The van der Waals surface area contributed by atoms with E-state index in [1.807, 2.05) is 41.3 Å². The van der Waals surface area contributed by atoms with Crippen molar-refractivity contribution in [2.75, 3.05) is 37.6 Å². The third kappa shape index (κ3) is 10.0. The lowest BCUT2D eigenvalue weighted by Gasteiger charge is -2.20. The third-order valence-electron chi connectivity index (χ3n) is 5.62. The van der Waals surface area contributed by atoms with Gasteiger partial charge in [-0.1, -0.05) is 61.5 Å². The number of aromatic nitrogens is 2. The summed E-state index contributed by atoms with van der Waals surface area (Å²) < 4.78 is 0. The molecule has 1 heterocycles. The van der Waals surface area contributed by atoms with E-state index in [4.69, 9.17) is 11.6 Å². The van der Waals surface area contributed by atoms with Crippen molar-refractivity contribution in [1.29, 1.82) is 0 Å². The molecule has 0 radical (unpaired) electrons. The van der Waals surface area contributed by atoms with Crippen LogP contribution in [0.5, 0.6) is 0 Å². The first-order valence-electron chi connectivity index (χ1n) is 12.2. The second-order valence-corrected chi connectivity index (χ2v) is 9.68. The largest absolute Gasteiger partial charge is 0.350 e. The number of thioether (sulfide) groups is 1. The van der Waals surface area contributed by atoms with E-state index in [0.29, 0.717) is 34.7 Å². The zero-order valence-corrected chi connectivity index (χ0v) is 22.7. The first-order valence-corrected chi connectivity index (χ1v) is 13.5. The van der Waals surface area contributed by atoms with E-state index < -0.39 is 0 Å². The lowest BCUT2D eigenvalue weighted by atomic mass is 10.1. The average molecular weight is 516 g/mol. The van der Waals surface area contributed by atoms with Gasteiger partial charge in [0.05, 0.1) is 0 Å². The van der Waals surface area contributed by atoms with E-state index >= 15 is 0 Å². The van der Waals surface area contributed by atoms with Crippen LogP contribution in [0.2, 0.25) is 5.15 Å². The van der Waals surface area contributed by atoms with Gasteiger partial charge in [-0.15, -0.1) is 13.2 Å². The Kier molecular flexibility index (Phi) is 12.9. The average Bonchev–Trinajstić information content (AvgIpc) is 2.85. The molecule has 0 aliphatic carbocycles. The molecule has 1 N–H and O–H groups in total. The van der Waals surface area contributed by atoms with Crippen LogP contribution in [0.3, 0.4) is 0 Å². The van der Waals surface area contributed by atoms with Crippen molar-refractivity contribution in [3.63, 3.8) is 0 Å². The van der Waals surface area contributed by atoms with Gasteiger partial charge in [-0.3, -0.25) is 4.79 Å². The molecule has 0 aliphatic heterocycles. The molecule has 2 rings (SSSR count). The van der Waals surface area contributed by atoms with Gasteiger partial charge in [-0.2, -0.15) is 0 Å². The van der Waals surface area contributed by atoms with Crippen LogP contribution in [0.25, 0.3) is 0 Å². The number of anilines is 1. The van der Waals surface area contributed by atoms with Crippen LogP contribution in [-0.4, -0.2) is 59.5 Å². The summed E-state index contributed by atoms with van der Waals surface area (Å²) in [5.41, 5.74) is 1.69. The smallest absolute Gasteiger partial charge is 0.251 e. The first-order chi connectivity index (χ1) is 16.9. The summed E-state index contributed by atoms with van der Waals surface area (Å²) in [5.74, 6) is 1.32. The van der Waals surface area contributed by atoms with E-state index in [0.717, 1.165) is 43.9 Å². The van der Waals surface area contributed by atoms with Crippen molar-refractivity contribution in [2.24, 2.45) is 0 Å². The van der Waals surface area contributed by atoms with E-state index in [1.54, 1.807) is 6.07 Å². The maximum Gasteiger partial charge on any atom is 0.251 e. The predicted octanol–water partition coefficient (Wildman–Crippen LogP) is 5.84. The maximum absolute atomic E-state index is 12.8. The number of nitrogens with one attached hydrogen (secondary N) is 1. The molecule has 1 unspecified atom stereocenters. The number of benzene rings is 1. The Balaban J connectivity index is 1.97. The topological polar surface area (TPSA) is 61.4 Å². The molecule has 8 heteroatoms. The van der Waals surface area contributed by atoms with Crippen LogP contribution in [0.4, 0.5) is 5.82 Å². The fraction of sp³-hybridized carbons (Fsp3) is 0.444. The quantitative estimate of drug-likeness (QED) is 0.131. The van der Waals surface area contributed by atoms with Crippen LogP contribution in [-0.2, 0) is 5.75 Å². The molecule has 2 aromatic rings. The summed E-state index contributed by atoms with van der Waals surface area (Å²) in [6, 6.07) is 9.57. The number of hydrogen-bond donors (Lipinski definition) is 1. The van der Waals surface area contributed by atoms with Crippen molar-refractivity contribution >= 4 is 35.1 Å². The van der Waals surface area contributed by atoms with E-state index in [2.05, 4.69) is 54.1 Å². The molecule has 0 aliphatic rings. The highest BCUT2D eigenvalue weighted by atomic mass is 35.5. The Morgan fingerprint density at radius 1 is 1.17 bits per heavy atom. The molecule has 0 saturated heterocycles. The van der Waals surface area contributed by atoms with Gasteiger partial charge in [-0.05, 0) is 57.1 Å². The molecule has 1 atom stereocenters. The second kappa shape index (κ2) is 15.6. The minimum absolute atomic E-state index is 0.0435. The Morgan fingerprint density at radius 2 is 1.89 bits per heavy atom. The molecule has 0 bridgehead atoms. The molecular formula is C27H38ClN5OS. The molecule has 0 fully saturated rings. The maximum atomic E-state index is 12.8. The van der Waals surface area contributed by atoms with Crippen LogP contribution in [0.1, 0.15) is 49.5 Å². The van der Waals surface area contributed by atoms with Gasteiger partial charge in [0, 0.05) is 36.5 Å². The van der Waals surface area contributed by atoms with Crippen molar-refractivity contribution in [1.82, 2.24) is 20.2 Å². The van der Waals surface area contributed by atoms with Gasteiger partial charge >= 0.3 is 0 Å². The van der Waals surface area contributed by atoms with Gasteiger partial charge in [-0.25, -0.2) is 9.97 Å². The lowest BCUT2D eigenvalue weighted by molar-refractivity contribution is 0.0937. The number of halogens is 1. The van der Waals surface area contributed by atoms with Gasteiger partial charge in [0.25, 0.3) is 5.91 Å². The molecule has 1 amide bonds. The summed E-state index contributed by atoms with van der Waals surface area (Å²) in [5, 5.41) is 4.10. The standard InChI is InChI=1S/C27H38ClN5OS/c1-6-15-33(16-7-2)25-19-24(28)30-27(31-25)35-20-22-13-10-14-23(18-22)26(34)29-21(5)12-11-17-32(8-3)9-4/h6-7,10,13-14,18-19,21H,1-2,8-9,11-12,15-17,20H2,3-5H3,(H,29,34). The second-order valence-electron chi connectivity index (χ2n) is 8.35. The minimum Gasteiger partial charge on any atom is -0.350 e. The fourth-order valence-electron chi connectivity index (χ4n) is 3.68. The van der Waals surface area contributed by atoms with Crippen molar-refractivity contribution in [3.05, 3.63) is 71.9 Å². The molecule has 1 aromatic carbocycles. The highest BCUT2D eigenvalue weighted by Gasteiger charge is 2.13. The molecule has 6 nitrogen and oxygen atoms in total. The number of rotatable bonds is 16. The summed E-state index contributed by atoms with van der Waals surface area (Å²) >= 11 is 7.75. The van der Waals surface area contributed by atoms with Crippen LogP contribution in [0.15, 0.2) is 60.8 Å². The number of carbonyl (C=O) groups excluding carboxylic acids is 1. The number of amides is 1. The first kappa shape index (κ1) is 28.9. The molecule has 0 saturated carbocycles. The number of carbonyl (C=O) groups is 1. The van der Waals surface area contributed by atoms with Gasteiger partial charge in [0.15, 0.2) is 5.16 Å². The van der Waals surface area contributed by atoms with Crippen LogP contribution < -0.4 is 10.2 Å². The summed E-state index contributed by atoms with van der Waals surface area (Å²) in [7, 11) is 0. The summed E-state index contributed by atoms with van der Waals surface area (Å²) in [6.45, 7) is 18.5. The Bertz CT molecular complexity index is 956. The molecular weight excluding hydrogens is 478 g/mol. The van der Waals surface area contributed by atoms with Crippen molar-refractivity contribution in [2.45, 2.75) is 50.6 Å². The SMILES string of the molecule is C=CCN(CC=C)c1cc(Cl)nc(SCc2cccc(C(=O)NC(C)CCCN(CC)CC)c2)n1. The molecule has 35 heavy (non-hydrogen) atoms. The van der Waals surface area contributed by atoms with E-state index in [9.17, 15) is 4.79 Å². The normalized spacial score (nSPS) is 11.8. The Labute approximate surface area is 219 Å². The zero-order valence-electron chi connectivity index (χ0n) is 21.2. The van der Waals surface area contributed by atoms with E-state index in [1.165, 1.54) is 11.8 Å². The third-order valence-corrected chi connectivity index (χ3v) is 6.74. The Morgan fingerprint density at radius 3 is 2.54 bits per heavy atom. The summed E-state index contributed by atoms with van der Waals surface area (Å²) in [6.07, 6.45) is 5.66. The molecule has 190 valence electrons. The van der Waals surface area contributed by atoms with Crippen LogP contribution in [0, 0.1) is 0 Å². The minimum atomic E-state index is -0.0435. The monoisotopic (exact) mass is 515 g/mol. The molecule has 1 aromatic heterocycles. The fourth-order valence-corrected chi connectivity index (χ4v) is 4.70. The highest BCUT2D eigenvalue weighted by Crippen LogP contribution is 2.25. The van der Waals surface area contributed by atoms with E-state index in [-0.39, 0.29) is 11.9 Å². The zero-order chi connectivity index (χ0) is 25.6. The lowest BCUT2D eigenvalue weighted by Crippen LogP contribution is -2.33. The Hall–Kier alpha value is -2.35. The van der Waals surface area contributed by atoms with Crippen molar-refractivity contribution < 1.29 is 4.79 Å². The van der Waals surface area contributed by atoms with Gasteiger partial charge in [0.2, 0.25) is 0 Å². The highest BCUT2D eigenvalue weighted by molar-refractivity contribution is 7.98. The predicted molar refractivity (Wildman–Crippen MR) is 150 cm³/mol. The number of nitrogens with zero attached hydrogens (tertiary/aromatic N) is 4. The van der Waals surface area contributed by atoms with Gasteiger partial charge in [0.1, 0.15) is 11.0 Å². The molecule has 0 spiro atoms. The summed E-state index contributed by atoms with van der Waals surface area (Å²) in [4.78, 5) is 26.2. The van der Waals surface area contributed by atoms with Crippen LogP contribution >= 0.6 is 23.4 Å². The number of hydrogen-bond acceptors (Lipinski definition) is 6. The van der Waals surface area contributed by atoms with Crippen molar-refractivity contribution in [3.8, 4) is 0 Å². The van der Waals surface area contributed by atoms with Gasteiger partial charge < -0.3 is 15.1 Å².